The lowest BCUT2D eigenvalue weighted by Gasteiger charge is -2.22. The van der Waals surface area contributed by atoms with Crippen LogP contribution in [0.3, 0.4) is 0 Å². The number of alkyl halides is 1. The number of aldehydes is 1. The zero-order valence-corrected chi connectivity index (χ0v) is 14.2. The van der Waals surface area contributed by atoms with Gasteiger partial charge in [0.1, 0.15) is 12.9 Å². The third-order valence-electron chi connectivity index (χ3n) is 3.02. The fourth-order valence-electron chi connectivity index (χ4n) is 1.46. The summed E-state index contributed by atoms with van der Waals surface area (Å²) in [5, 5.41) is 0. The van der Waals surface area contributed by atoms with Crippen LogP contribution in [0, 0.1) is 5.41 Å². The average molecular weight is 389 g/mol. The van der Waals surface area contributed by atoms with E-state index in [4.69, 9.17) is 4.74 Å². The Bertz CT molecular complexity index is 457. The number of benzene rings is 1. The van der Waals surface area contributed by atoms with Crippen LogP contribution in [-0.2, 0) is 9.53 Å². The van der Waals surface area contributed by atoms with Gasteiger partial charge < -0.3 is 9.64 Å². The van der Waals surface area contributed by atoms with E-state index >= 15 is 0 Å². The lowest BCUT2D eigenvalue weighted by molar-refractivity contribution is -0.152. The van der Waals surface area contributed by atoms with Crippen molar-refractivity contribution < 1.29 is 14.3 Å². The van der Waals surface area contributed by atoms with E-state index in [-0.39, 0.29) is 5.97 Å². The SMILES string of the molecule is CN(CCOC(=O)C(C)(C)CI)c1ccc(C=O)cc1. The maximum atomic E-state index is 11.8. The van der Waals surface area contributed by atoms with Crippen molar-refractivity contribution in [1.82, 2.24) is 0 Å². The summed E-state index contributed by atoms with van der Waals surface area (Å²) >= 11 is 2.19. The van der Waals surface area contributed by atoms with Crippen molar-refractivity contribution in [2.75, 3.05) is 29.5 Å². The van der Waals surface area contributed by atoms with Gasteiger partial charge >= 0.3 is 5.97 Å². The van der Waals surface area contributed by atoms with E-state index in [0.717, 1.165) is 16.4 Å². The predicted octanol–water partition coefficient (Wildman–Crippen LogP) is 2.94. The van der Waals surface area contributed by atoms with Gasteiger partial charge in [-0.1, -0.05) is 22.6 Å². The maximum Gasteiger partial charge on any atom is 0.312 e. The Morgan fingerprint density at radius 1 is 1.35 bits per heavy atom. The van der Waals surface area contributed by atoms with Crippen LogP contribution in [0.2, 0.25) is 0 Å². The van der Waals surface area contributed by atoms with Gasteiger partial charge in [-0.3, -0.25) is 9.59 Å². The molecule has 0 atom stereocenters. The molecule has 0 N–H and O–H groups in total. The van der Waals surface area contributed by atoms with Crippen molar-refractivity contribution in [3.8, 4) is 0 Å². The minimum Gasteiger partial charge on any atom is -0.463 e. The van der Waals surface area contributed by atoms with Crippen LogP contribution < -0.4 is 4.90 Å². The first-order valence-electron chi connectivity index (χ1n) is 6.40. The van der Waals surface area contributed by atoms with E-state index in [2.05, 4.69) is 22.6 Å². The molecular formula is C15H20INO3. The molecular weight excluding hydrogens is 369 g/mol. The third-order valence-corrected chi connectivity index (χ3v) is 4.92. The lowest BCUT2D eigenvalue weighted by atomic mass is 9.97. The molecule has 0 aliphatic rings. The molecule has 0 aliphatic heterocycles. The highest BCUT2D eigenvalue weighted by atomic mass is 127. The lowest BCUT2D eigenvalue weighted by Crippen LogP contribution is -2.31. The number of carbonyl (C=O) groups is 2. The Kier molecular flexibility index (Phi) is 6.45. The Morgan fingerprint density at radius 3 is 2.45 bits per heavy atom. The molecule has 0 bridgehead atoms. The highest BCUT2D eigenvalue weighted by Gasteiger charge is 2.27. The number of esters is 1. The number of hydrogen-bond acceptors (Lipinski definition) is 4. The minimum atomic E-state index is -0.440. The number of rotatable bonds is 7. The van der Waals surface area contributed by atoms with E-state index in [9.17, 15) is 9.59 Å². The summed E-state index contributed by atoms with van der Waals surface area (Å²) in [6, 6.07) is 7.29. The van der Waals surface area contributed by atoms with E-state index in [1.54, 1.807) is 12.1 Å². The first kappa shape index (κ1) is 16.9. The van der Waals surface area contributed by atoms with Crippen LogP contribution >= 0.6 is 22.6 Å². The topological polar surface area (TPSA) is 46.6 Å². The maximum absolute atomic E-state index is 11.8. The Labute approximate surface area is 133 Å². The zero-order valence-electron chi connectivity index (χ0n) is 12.1. The average Bonchev–Trinajstić information content (AvgIpc) is 2.47. The van der Waals surface area contributed by atoms with Crippen LogP contribution in [0.4, 0.5) is 5.69 Å². The Balaban J connectivity index is 2.45. The predicted molar refractivity (Wildman–Crippen MR) is 88.7 cm³/mol. The van der Waals surface area contributed by atoms with Gasteiger partial charge in [0.2, 0.25) is 0 Å². The van der Waals surface area contributed by atoms with Crippen LogP contribution in [0.1, 0.15) is 24.2 Å². The zero-order chi connectivity index (χ0) is 15.2. The van der Waals surface area contributed by atoms with Crippen molar-refractivity contribution in [2.24, 2.45) is 5.41 Å². The second-order valence-corrected chi connectivity index (χ2v) is 6.05. The first-order chi connectivity index (χ1) is 9.40. The molecule has 110 valence electrons. The van der Waals surface area contributed by atoms with Gasteiger partial charge in [0, 0.05) is 22.7 Å². The second kappa shape index (κ2) is 7.61. The van der Waals surface area contributed by atoms with Crippen molar-refractivity contribution in [2.45, 2.75) is 13.8 Å². The van der Waals surface area contributed by atoms with Gasteiger partial charge in [-0.2, -0.15) is 0 Å². The molecule has 0 saturated heterocycles. The summed E-state index contributed by atoms with van der Waals surface area (Å²) in [4.78, 5) is 24.4. The summed E-state index contributed by atoms with van der Waals surface area (Å²) in [6.45, 7) is 4.72. The highest BCUT2D eigenvalue weighted by molar-refractivity contribution is 14.1. The number of nitrogens with zero attached hydrogens (tertiary/aromatic N) is 1. The normalized spacial score (nSPS) is 11.0. The molecule has 0 unspecified atom stereocenters. The van der Waals surface area contributed by atoms with Gasteiger partial charge in [0.05, 0.1) is 12.0 Å². The van der Waals surface area contributed by atoms with Gasteiger partial charge in [-0.15, -0.1) is 0 Å². The second-order valence-electron chi connectivity index (χ2n) is 5.28. The van der Waals surface area contributed by atoms with Crippen LogP contribution in [0.15, 0.2) is 24.3 Å². The van der Waals surface area contributed by atoms with Crippen LogP contribution in [-0.4, -0.2) is 36.9 Å². The van der Waals surface area contributed by atoms with E-state index in [1.807, 2.05) is 37.9 Å². The van der Waals surface area contributed by atoms with Gasteiger partial charge in [0.25, 0.3) is 0 Å². The van der Waals surface area contributed by atoms with Crippen molar-refractivity contribution in [3.05, 3.63) is 29.8 Å². The molecule has 4 nitrogen and oxygen atoms in total. The van der Waals surface area contributed by atoms with Crippen molar-refractivity contribution in [1.29, 1.82) is 0 Å². The Morgan fingerprint density at radius 2 is 1.95 bits per heavy atom. The summed E-state index contributed by atoms with van der Waals surface area (Å²) in [5.41, 5.74) is 1.20. The molecule has 0 amide bonds. The first-order valence-corrected chi connectivity index (χ1v) is 7.93. The summed E-state index contributed by atoms with van der Waals surface area (Å²) in [5.74, 6) is -0.170. The minimum absolute atomic E-state index is 0.170. The molecule has 0 aromatic heterocycles. The number of likely N-dealkylation sites (N-methyl/N-ethyl adjacent to an activating group) is 1. The molecule has 1 aromatic rings. The number of carbonyl (C=O) groups excluding carboxylic acids is 2. The number of hydrogen-bond donors (Lipinski definition) is 0. The van der Waals surface area contributed by atoms with E-state index in [0.29, 0.717) is 18.7 Å². The van der Waals surface area contributed by atoms with E-state index < -0.39 is 5.41 Å². The fourth-order valence-corrected chi connectivity index (χ4v) is 1.77. The highest BCUT2D eigenvalue weighted by Crippen LogP contribution is 2.20. The molecule has 1 aromatic carbocycles. The molecule has 0 radical (unpaired) electrons. The van der Waals surface area contributed by atoms with Crippen LogP contribution in [0.25, 0.3) is 0 Å². The number of halogens is 1. The molecule has 0 aliphatic carbocycles. The Hall–Kier alpha value is -1.11. The smallest absolute Gasteiger partial charge is 0.312 e. The molecule has 1 rings (SSSR count). The van der Waals surface area contributed by atoms with Crippen LogP contribution in [0.5, 0.6) is 0 Å². The summed E-state index contributed by atoms with van der Waals surface area (Å²) in [6.07, 6.45) is 0.817. The number of anilines is 1. The molecule has 0 heterocycles. The van der Waals surface area contributed by atoms with E-state index in [1.165, 1.54) is 0 Å². The molecule has 0 spiro atoms. The van der Waals surface area contributed by atoms with Gasteiger partial charge in [-0.25, -0.2) is 0 Å². The summed E-state index contributed by atoms with van der Waals surface area (Å²) < 4.78 is 6.02. The quantitative estimate of drug-likeness (QED) is 0.311. The molecule has 20 heavy (non-hydrogen) atoms. The van der Waals surface area contributed by atoms with Crippen molar-refractivity contribution >= 4 is 40.5 Å². The molecule has 0 fully saturated rings. The third kappa shape index (κ3) is 4.77. The monoisotopic (exact) mass is 389 g/mol. The van der Waals surface area contributed by atoms with Crippen molar-refractivity contribution in [3.63, 3.8) is 0 Å². The molecule has 0 saturated carbocycles. The fraction of sp³-hybridized carbons (Fsp3) is 0.467. The molecule has 5 heteroatoms. The van der Waals surface area contributed by atoms with Gasteiger partial charge in [-0.05, 0) is 38.1 Å². The van der Waals surface area contributed by atoms with Gasteiger partial charge in [0.15, 0.2) is 0 Å². The number of ether oxygens (including phenoxy) is 1. The largest absolute Gasteiger partial charge is 0.463 e. The summed E-state index contributed by atoms with van der Waals surface area (Å²) in [7, 11) is 1.92. The standard InChI is InChI=1S/C15H20INO3/c1-15(2,11-16)14(19)20-9-8-17(3)13-6-4-12(10-18)5-7-13/h4-7,10H,8-9,11H2,1-3H3.